The predicted molar refractivity (Wildman–Crippen MR) is 161 cm³/mol. The van der Waals surface area contributed by atoms with Crippen molar-refractivity contribution in [2.24, 2.45) is 0 Å². The van der Waals surface area contributed by atoms with Crippen molar-refractivity contribution in [1.29, 1.82) is 0 Å². The van der Waals surface area contributed by atoms with Crippen LogP contribution in [-0.2, 0) is 19.1 Å². The van der Waals surface area contributed by atoms with E-state index in [0.29, 0.717) is 77.7 Å². The van der Waals surface area contributed by atoms with Gasteiger partial charge in [0.15, 0.2) is 0 Å². The van der Waals surface area contributed by atoms with Gasteiger partial charge < -0.3 is 28.4 Å². The molecular weight excluding hydrogens is 568 g/mol. The number of hydrogen-bond donors (Lipinski definition) is 0. The quantitative estimate of drug-likeness (QED) is 0.0827. The Morgan fingerprint density at radius 1 is 0.659 bits per heavy atom. The number of benzene rings is 3. The summed E-state index contributed by atoms with van der Waals surface area (Å²) in [5.74, 6) is -0.0372. The van der Waals surface area contributed by atoms with Crippen LogP contribution in [-0.4, -0.2) is 50.3 Å². The minimum atomic E-state index is -0.559. The van der Waals surface area contributed by atoms with Crippen molar-refractivity contribution in [3.63, 3.8) is 0 Å². The molecule has 0 N–H and O–H groups in total. The number of rotatable bonds is 16. The lowest BCUT2D eigenvalue weighted by molar-refractivity contribution is -0.143. The number of hydrogen-bond acceptors (Lipinski definition) is 10. The van der Waals surface area contributed by atoms with Crippen LogP contribution in [0.5, 0.6) is 23.0 Å². The van der Waals surface area contributed by atoms with E-state index in [2.05, 4.69) is 6.58 Å². The Kier molecular flexibility index (Phi) is 13.0. The van der Waals surface area contributed by atoms with Gasteiger partial charge in [0, 0.05) is 24.8 Å². The molecule has 232 valence electrons. The van der Waals surface area contributed by atoms with Crippen LogP contribution in [0.3, 0.4) is 0 Å². The zero-order chi connectivity index (χ0) is 31.9. The summed E-state index contributed by atoms with van der Waals surface area (Å²) in [6.07, 6.45) is 1.40. The lowest BCUT2D eigenvalue weighted by Crippen LogP contribution is -2.11. The molecule has 0 aliphatic heterocycles. The third kappa shape index (κ3) is 10.9. The molecule has 10 nitrogen and oxygen atoms in total. The van der Waals surface area contributed by atoms with Gasteiger partial charge in [0.05, 0.1) is 37.6 Å². The molecule has 3 aromatic rings. The van der Waals surface area contributed by atoms with Crippen LogP contribution in [0.1, 0.15) is 59.4 Å². The molecule has 0 amide bonds. The Hall–Kier alpha value is -5.12. The summed E-state index contributed by atoms with van der Waals surface area (Å²) in [7, 11) is 0. The van der Waals surface area contributed by atoms with E-state index in [9.17, 15) is 19.2 Å². The van der Waals surface area contributed by atoms with Gasteiger partial charge in [-0.3, -0.25) is 4.79 Å². The molecule has 10 heteroatoms. The molecule has 0 saturated carbocycles. The van der Waals surface area contributed by atoms with Gasteiger partial charge in [-0.2, -0.15) is 0 Å². The van der Waals surface area contributed by atoms with Gasteiger partial charge in [-0.25, -0.2) is 14.4 Å². The minimum Gasteiger partial charge on any atom is -0.493 e. The third-order valence-electron chi connectivity index (χ3n) is 5.99. The molecular formula is C34H36O10. The molecule has 3 aromatic carbocycles. The standard InChI is InChI=1S/C34H36O10/c1-5-31(35)41-20-6-18-39-28-14-10-26(11-15-28)34(38)44-30-17-16-29(22-24(30)4)43-33(37)25-8-12-27(13-9-25)40-19-7-21-42-32(36)23(2)3/h8-17,22H,2,5-7,18-21H2,1,3-4H3. The fraction of sp³-hybridized carbons (Fsp3) is 0.294. The van der Waals surface area contributed by atoms with E-state index in [0.717, 1.165) is 0 Å². The Balaban J connectivity index is 1.44. The van der Waals surface area contributed by atoms with Crippen molar-refractivity contribution in [2.75, 3.05) is 26.4 Å². The van der Waals surface area contributed by atoms with Crippen LogP contribution < -0.4 is 18.9 Å². The van der Waals surface area contributed by atoms with Crippen molar-refractivity contribution in [3.05, 3.63) is 95.6 Å². The minimum absolute atomic E-state index is 0.221. The monoisotopic (exact) mass is 604 g/mol. The highest BCUT2D eigenvalue weighted by Crippen LogP contribution is 2.26. The highest BCUT2D eigenvalue weighted by molar-refractivity contribution is 5.92. The topological polar surface area (TPSA) is 124 Å². The summed E-state index contributed by atoms with van der Waals surface area (Å²) in [4.78, 5) is 47.8. The predicted octanol–water partition coefficient (Wildman–Crippen LogP) is 6.04. The number of aryl methyl sites for hydroxylation is 1. The highest BCUT2D eigenvalue weighted by Gasteiger charge is 2.14. The Bertz CT molecular complexity index is 1440. The molecule has 0 spiro atoms. The van der Waals surface area contributed by atoms with E-state index in [-0.39, 0.29) is 19.2 Å². The maximum atomic E-state index is 12.7. The van der Waals surface area contributed by atoms with Crippen molar-refractivity contribution in [2.45, 2.75) is 40.0 Å². The van der Waals surface area contributed by atoms with Gasteiger partial charge in [-0.05, 0) is 86.1 Å². The molecule has 0 aliphatic carbocycles. The molecule has 0 aromatic heterocycles. The summed E-state index contributed by atoms with van der Waals surface area (Å²) in [5, 5.41) is 0. The second-order valence-corrected chi connectivity index (χ2v) is 9.65. The first kappa shape index (κ1) is 33.4. The molecule has 0 heterocycles. The highest BCUT2D eigenvalue weighted by atomic mass is 16.5. The molecule has 44 heavy (non-hydrogen) atoms. The molecule has 0 aliphatic rings. The zero-order valence-corrected chi connectivity index (χ0v) is 25.1. The van der Waals surface area contributed by atoms with Crippen molar-refractivity contribution in [1.82, 2.24) is 0 Å². The summed E-state index contributed by atoms with van der Waals surface area (Å²) in [6, 6.07) is 17.7. The van der Waals surface area contributed by atoms with Gasteiger partial charge in [-0.15, -0.1) is 0 Å². The molecule has 0 unspecified atom stereocenters. The second-order valence-electron chi connectivity index (χ2n) is 9.65. The summed E-state index contributed by atoms with van der Waals surface area (Å²) >= 11 is 0. The first-order chi connectivity index (χ1) is 21.2. The summed E-state index contributed by atoms with van der Waals surface area (Å²) in [5.41, 5.74) is 1.61. The van der Waals surface area contributed by atoms with Gasteiger partial charge in [0.25, 0.3) is 0 Å². The SMILES string of the molecule is C=C(C)C(=O)OCCCOc1ccc(C(=O)Oc2ccc(OC(=O)c3ccc(OCCCOC(=O)CC)cc3)c(C)c2)cc1. The van der Waals surface area contributed by atoms with Crippen LogP contribution in [0.15, 0.2) is 78.9 Å². The molecule has 3 rings (SSSR count). The summed E-state index contributed by atoms with van der Waals surface area (Å²) in [6.45, 7) is 9.79. The summed E-state index contributed by atoms with van der Waals surface area (Å²) < 4.78 is 32.2. The van der Waals surface area contributed by atoms with Crippen molar-refractivity contribution >= 4 is 23.9 Å². The van der Waals surface area contributed by atoms with E-state index in [1.165, 1.54) is 0 Å². The van der Waals surface area contributed by atoms with Crippen molar-refractivity contribution in [3.8, 4) is 23.0 Å². The van der Waals surface area contributed by atoms with Crippen LogP contribution in [0.25, 0.3) is 0 Å². The number of esters is 4. The fourth-order valence-electron chi connectivity index (χ4n) is 3.57. The Morgan fingerprint density at radius 2 is 1.16 bits per heavy atom. The van der Waals surface area contributed by atoms with Crippen LogP contribution in [0.4, 0.5) is 0 Å². The van der Waals surface area contributed by atoms with Crippen molar-refractivity contribution < 1.29 is 47.6 Å². The fourth-order valence-corrected chi connectivity index (χ4v) is 3.57. The van der Waals surface area contributed by atoms with Gasteiger partial charge in [-0.1, -0.05) is 13.5 Å². The van der Waals surface area contributed by atoms with E-state index in [1.54, 1.807) is 87.5 Å². The lowest BCUT2D eigenvalue weighted by atomic mass is 10.2. The molecule has 0 radical (unpaired) electrons. The molecule has 0 saturated heterocycles. The first-order valence-electron chi connectivity index (χ1n) is 14.1. The zero-order valence-electron chi connectivity index (χ0n) is 25.1. The van der Waals surface area contributed by atoms with Crippen LogP contribution in [0.2, 0.25) is 0 Å². The van der Waals surface area contributed by atoms with Gasteiger partial charge >= 0.3 is 23.9 Å². The first-order valence-corrected chi connectivity index (χ1v) is 14.1. The average Bonchev–Trinajstić information content (AvgIpc) is 3.02. The smallest absolute Gasteiger partial charge is 0.343 e. The largest absolute Gasteiger partial charge is 0.493 e. The van der Waals surface area contributed by atoms with Crippen LogP contribution in [0, 0.1) is 6.92 Å². The van der Waals surface area contributed by atoms with E-state index in [4.69, 9.17) is 28.4 Å². The number of carbonyl (C=O) groups is 4. The molecule has 0 atom stereocenters. The maximum Gasteiger partial charge on any atom is 0.343 e. The Labute approximate surface area is 256 Å². The maximum absolute atomic E-state index is 12.7. The van der Waals surface area contributed by atoms with E-state index < -0.39 is 17.9 Å². The average molecular weight is 605 g/mol. The number of ether oxygens (including phenoxy) is 6. The normalized spacial score (nSPS) is 10.3. The lowest BCUT2D eigenvalue weighted by Gasteiger charge is -2.11. The molecule has 0 fully saturated rings. The van der Waals surface area contributed by atoms with Crippen LogP contribution >= 0.6 is 0 Å². The van der Waals surface area contributed by atoms with E-state index >= 15 is 0 Å². The second kappa shape index (κ2) is 17.1. The van der Waals surface area contributed by atoms with E-state index in [1.807, 2.05) is 0 Å². The molecule has 0 bridgehead atoms. The Morgan fingerprint density at radius 3 is 1.66 bits per heavy atom. The number of carbonyl (C=O) groups excluding carboxylic acids is 4. The van der Waals surface area contributed by atoms with Gasteiger partial charge in [0.1, 0.15) is 23.0 Å². The van der Waals surface area contributed by atoms with Gasteiger partial charge in [0.2, 0.25) is 0 Å². The third-order valence-corrected chi connectivity index (χ3v) is 5.99.